The molecule has 0 radical (unpaired) electrons. The minimum Gasteiger partial charge on any atom is -0.454 e. The molecule has 1 unspecified atom stereocenters. The number of likely N-dealkylation sites (N-methyl/N-ethyl adjacent to an activating group) is 1. The van der Waals surface area contributed by atoms with Gasteiger partial charge in [0.25, 0.3) is 0 Å². The molecule has 18 heavy (non-hydrogen) atoms. The summed E-state index contributed by atoms with van der Waals surface area (Å²) in [5, 5.41) is 0. The van der Waals surface area contributed by atoms with E-state index < -0.39 is 0 Å². The summed E-state index contributed by atoms with van der Waals surface area (Å²) in [6, 6.07) is 5.73. The van der Waals surface area contributed by atoms with E-state index in [4.69, 9.17) is 9.47 Å². The highest BCUT2D eigenvalue weighted by Crippen LogP contribution is 2.33. The first-order valence-corrected chi connectivity index (χ1v) is 5.87. The van der Waals surface area contributed by atoms with Gasteiger partial charge in [0.05, 0.1) is 11.8 Å². The van der Waals surface area contributed by atoms with E-state index in [1.165, 1.54) is 0 Å². The SMILES string of the molecule is CC1C(c2ccc3c(c2)OCO3)=NCC(=O)N1C. The van der Waals surface area contributed by atoms with E-state index in [-0.39, 0.29) is 25.3 Å². The molecule has 1 aromatic carbocycles. The minimum atomic E-state index is -0.0216. The fourth-order valence-corrected chi connectivity index (χ4v) is 2.18. The molecule has 0 N–H and O–H groups in total. The van der Waals surface area contributed by atoms with Crippen molar-refractivity contribution in [3.8, 4) is 11.5 Å². The van der Waals surface area contributed by atoms with Crippen molar-refractivity contribution in [2.75, 3.05) is 20.4 Å². The standard InChI is InChI=1S/C13H14N2O3/c1-8-13(14-6-12(16)15(8)2)9-3-4-10-11(5-9)18-7-17-10/h3-5,8H,6-7H2,1-2H3. The fraction of sp³-hybridized carbons (Fsp3) is 0.385. The molecule has 0 spiro atoms. The second kappa shape index (κ2) is 4.01. The molecule has 0 saturated carbocycles. The van der Waals surface area contributed by atoms with Crippen LogP contribution in [-0.2, 0) is 4.79 Å². The summed E-state index contributed by atoms with van der Waals surface area (Å²) >= 11 is 0. The van der Waals surface area contributed by atoms with Crippen molar-refractivity contribution in [2.45, 2.75) is 13.0 Å². The number of hydrogen-bond donors (Lipinski definition) is 0. The Balaban J connectivity index is 1.98. The first kappa shape index (κ1) is 11.1. The largest absolute Gasteiger partial charge is 0.454 e. The molecule has 5 nitrogen and oxygen atoms in total. The normalized spacial score (nSPS) is 22.1. The Kier molecular flexibility index (Phi) is 2.47. The summed E-state index contributed by atoms with van der Waals surface area (Å²) in [4.78, 5) is 17.6. The number of hydrogen-bond acceptors (Lipinski definition) is 4. The van der Waals surface area contributed by atoms with Crippen LogP contribution in [0.3, 0.4) is 0 Å². The van der Waals surface area contributed by atoms with Gasteiger partial charge in [-0.05, 0) is 25.1 Å². The fourth-order valence-electron chi connectivity index (χ4n) is 2.18. The van der Waals surface area contributed by atoms with E-state index >= 15 is 0 Å². The topological polar surface area (TPSA) is 51.1 Å². The van der Waals surface area contributed by atoms with Gasteiger partial charge < -0.3 is 14.4 Å². The predicted molar refractivity (Wildman–Crippen MR) is 66.2 cm³/mol. The second-order valence-corrected chi connectivity index (χ2v) is 4.45. The minimum absolute atomic E-state index is 0.0216. The molecular weight excluding hydrogens is 232 g/mol. The third-order valence-electron chi connectivity index (χ3n) is 3.42. The number of carbonyl (C=O) groups is 1. The number of amides is 1. The van der Waals surface area contributed by atoms with Crippen LogP contribution >= 0.6 is 0 Å². The van der Waals surface area contributed by atoms with Crippen LogP contribution in [0, 0.1) is 0 Å². The highest BCUT2D eigenvalue weighted by atomic mass is 16.7. The molecule has 1 aromatic rings. The third-order valence-corrected chi connectivity index (χ3v) is 3.42. The maximum absolute atomic E-state index is 11.5. The predicted octanol–water partition coefficient (Wildman–Crippen LogP) is 1.06. The molecule has 0 saturated heterocycles. The molecule has 1 amide bonds. The second-order valence-electron chi connectivity index (χ2n) is 4.45. The zero-order valence-corrected chi connectivity index (χ0v) is 10.3. The van der Waals surface area contributed by atoms with Crippen LogP contribution in [0.25, 0.3) is 0 Å². The van der Waals surface area contributed by atoms with Crippen molar-refractivity contribution in [3.63, 3.8) is 0 Å². The van der Waals surface area contributed by atoms with E-state index in [1.807, 2.05) is 25.1 Å². The Labute approximate surface area is 105 Å². The van der Waals surface area contributed by atoms with Crippen molar-refractivity contribution in [1.82, 2.24) is 4.90 Å². The Morgan fingerprint density at radius 3 is 2.94 bits per heavy atom. The molecule has 2 heterocycles. The van der Waals surface area contributed by atoms with Crippen LogP contribution in [0.4, 0.5) is 0 Å². The van der Waals surface area contributed by atoms with E-state index in [9.17, 15) is 4.79 Å². The van der Waals surface area contributed by atoms with Gasteiger partial charge in [-0.3, -0.25) is 9.79 Å². The number of rotatable bonds is 1. The molecule has 2 aliphatic rings. The number of benzene rings is 1. The highest BCUT2D eigenvalue weighted by Gasteiger charge is 2.27. The lowest BCUT2D eigenvalue weighted by Gasteiger charge is -2.30. The Morgan fingerprint density at radius 1 is 1.33 bits per heavy atom. The zero-order valence-electron chi connectivity index (χ0n) is 10.3. The van der Waals surface area contributed by atoms with E-state index in [0.717, 1.165) is 22.8 Å². The van der Waals surface area contributed by atoms with Gasteiger partial charge in [0.1, 0.15) is 6.54 Å². The lowest BCUT2D eigenvalue weighted by Crippen LogP contribution is -2.45. The number of aliphatic imine (C=N–C) groups is 1. The number of nitrogens with zero attached hydrogens (tertiary/aromatic N) is 2. The summed E-state index contributed by atoms with van der Waals surface area (Å²) in [5.74, 6) is 1.54. The molecular formula is C13H14N2O3. The van der Waals surface area contributed by atoms with Crippen LogP contribution in [-0.4, -0.2) is 42.9 Å². The first-order valence-electron chi connectivity index (χ1n) is 5.87. The summed E-state index contributed by atoms with van der Waals surface area (Å²) in [6.45, 7) is 2.45. The first-order chi connectivity index (χ1) is 8.66. The molecule has 1 atom stereocenters. The molecule has 0 fully saturated rings. The van der Waals surface area contributed by atoms with Crippen LogP contribution in [0.5, 0.6) is 11.5 Å². The van der Waals surface area contributed by atoms with Crippen LogP contribution in [0.15, 0.2) is 23.2 Å². The zero-order chi connectivity index (χ0) is 12.7. The molecule has 3 rings (SSSR count). The summed E-state index contributed by atoms with van der Waals surface area (Å²) in [6.07, 6.45) is 0. The Bertz CT molecular complexity index is 539. The van der Waals surface area contributed by atoms with Crippen LogP contribution < -0.4 is 9.47 Å². The maximum Gasteiger partial charge on any atom is 0.244 e. The molecule has 5 heteroatoms. The lowest BCUT2D eigenvalue weighted by atomic mass is 10.0. The van der Waals surface area contributed by atoms with E-state index in [0.29, 0.717) is 0 Å². The highest BCUT2D eigenvalue weighted by molar-refractivity contribution is 6.08. The van der Waals surface area contributed by atoms with Gasteiger partial charge in [-0.1, -0.05) is 0 Å². The van der Waals surface area contributed by atoms with Gasteiger partial charge >= 0.3 is 0 Å². The van der Waals surface area contributed by atoms with E-state index in [1.54, 1.807) is 11.9 Å². The number of carbonyl (C=O) groups excluding carboxylic acids is 1. The van der Waals surface area contributed by atoms with Crippen molar-refractivity contribution >= 4 is 11.6 Å². The average Bonchev–Trinajstić information content (AvgIpc) is 2.83. The Morgan fingerprint density at radius 2 is 2.11 bits per heavy atom. The van der Waals surface area contributed by atoms with Gasteiger partial charge in [0.15, 0.2) is 11.5 Å². The van der Waals surface area contributed by atoms with Crippen LogP contribution in [0.1, 0.15) is 12.5 Å². The summed E-state index contributed by atoms with van der Waals surface area (Å²) < 4.78 is 10.6. The van der Waals surface area contributed by atoms with E-state index in [2.05, 4.69) is 4.99 Å². The molecule has 0 aromatic heterocycles. The average molecular weight is 246 g/mol. The molecule has 94 valence electrons. The Hall–Kier alpha value is -2.04. The molecule has 0 aliphatic carbocycles. The molecule has 2 aliphatic heterocycles. The monoisotopic (exact) mass is 246 g/mol. The summed E-state index contributed by atoms with van der Waals surface area (Å²) in [7, 11) is 1.80. The van der Waals surface area contributed by atoms with Gasteiger partial charge in [-0.25, -0.2) is 0 Å². The number of fused-ring (bicyclic) bond motifs is 1. The third kappa shape index (κ3) is 1.63. The van der Waals surface area contributed by atoms with Gasteiger partial charge in [-0.15, -0.1) is 0 Å². The van der Waals surface area contributed by atoms with Gasteiger partial charge in [0.2, 0.25) is 12.7 Å². The van der Waals surface area contributed by atoms with Gasteiger partial charge in [0, 0.05) is 12.6 Å². The van der Waals surface area contributed by atoms with Crippen LogP contribution in [0.2, 0.25) is 0 Å². The van der Waals surface area contributed by atoms with Gasteiger partial charge in [-0.2, -0.15) is 0 Å². The molecule has 0 bridgehead atoms. The van der Waals surface area contributed by atoms with Crippen molar-refractivity contribution in [2.24, 2.45) is 4.99 Å². The smallest absolute Gasteiger partial charge is 0.244 e. The number of ether oxygens (including phenoxy) is 2. The van der Waals surface area contributed by atoms with Crippen molar-refractivity contribution in [1.29, 1.82) is 0 Å². The van der Waals surface area contributed by atoms with Crippen molar-refractivity contribution < 1.29 is 14.3 Å². The maximum atomic E-state index is 11.5. The lowest BCUT2D eigenvalue weighted by molar-refractivity contribution is -0.129. The van der Waals surface area contributed by atoms with Crippen molar-refractivity contribution in [3.05, 3.63) is 23.8 Å². The summed E-state index contributed by atoms with van der Waals surface area (Å²) in [5.41, 5.74) is 1.89. The quantitative estimate of drug-likeness (QED) is 0.744.